The Kier molecular flexibility index (Phi) is 3.51. The summed E-state index contributed by atoms with van der Waals surface area (Å²) >= 11 is 5.94. The van der Waals surface area contributed by atoms with E-state index in [0.29, 0.717) is 10.6 Å². The number of benzene rings is 1. The van der Waals surface area contributed by atoms with Crippen molar-refractivity contribution in [3.05, 3.63) is 33.8 Å². The van der Waals surface area contributed by atoms with E-state index in [4.69, 9.17) is 22.1 Å². The molecule has 1 aromatic carbocycles. The molecule has 0 unspecified atom stereocenters. The first-order chi connectivity index (χ1) is 6.72. The van der Waals surface area contributed by atoms with E-state index in [-0.39, 0.29) is 6.42 Å². The maximum absolute atomic E-state index is 8.81. The number of nitrogens with zero attached hydrogens (tertiary/aromatic N) is 2. The Hall–Kier alpha value is -1.51. The summed E-state index contributed by atoms with van der Waals surface area (Å²) in [5.74, 6) is 0. The average molecular weight is 205 g/mol. The molecule has 0 aromatic heterocycles. The monoisotopic (exact) mass is 204 g/mol. The summed E-state index contributed by atoms with van der Waals surface area (Å²) in [5.41, 5.74) is 2.23. The number of aryl methyl sites for hydroxylation is 1. The van der Waals surface area contributed by atoms with Crippen LogP contribution < -0.4 is 0 Å². The first-order valence-corrected chi connectivity index (χ1v) is 4.69. The van der Waals surface area contributed by atoms with Crippen LogP contribution >= 0.6 is 11.6 Å². The minimum absolute atomic E-state index is 0.251. The predicted molar refractivity (Wildman–Crippen MR) is 54.9 cm³/mol. The summed E-state index contributed by atoms with van der Waals surface area (Å²) in [6.45, 7) is 2.00. The lowest BCUT2D eigenvalue weighted by Crippen LogP contribution is -1.92. The molecule has 0 N–H and O–H groups in total. The highest BCUT2D eigenvalue weighted by Gasteiger charge is 2.07. The van der Waals surface area contributed by atoms with Crippen LogP contribution in [0.1, 0.15) is 23.6 Å². The van der Waals surface area contributed by atoms with Gasteiger partial charge in [-0.3, -0.25) is 0 Å². The highest BCUT2D eigenvalue weighted by molar-refractivity contribution is 6.32. The fourth-order valence-electron chi connectivity index (χ4n) is 1.25. The second kappa shape index (κ2) is 4.65. The van der Waals surface area contributed by atoms with Gasteiger partial charge in [-0.15, -0.1) is 0 Å². The van der Waals surface area contributed by atoms with Crippen LogP contribution in [0.5, 0.6) is 0 Å². The molecule has 0 aliphatic heterocycles. The van der Waals surface area contributed by atoms with Gasteiger partial charge in [0.15, 0.2) is 0 Å². The van der Waals surface area contributed by atoms with E-state index in [0.717, 1.165) is 17.5 Å². The summed E-state index contributed by atoms with van der Waals surface area (Å²) in [4.78, 5) is 0. The van der Waals surface area contributed by atoms with Crippen molar-refractivity contribution in [3.8, 4) is 12.1 Å². The molecular weight excluding hydrogens is 196 g/mol. The second-order valence-corrected chi connectivity index (χ2v) is 3.29. The minimum atomic E-state index is 0.251. The van der Waals surface area contributed by atoms with E-state index in [1.165, 1.54) is 0 Å². The van der Waals surface area contributed by atoms with E-state index in [9.17, 15) is 0 Å². The summed E-state index contributed by atoms with van der Waals surface area (Å²) in [5, 5.41) is 17.8. The molecule has 70 valence electrons. The van der Waals surface area contributed by atoms with Gasteiger partial charge in [0.25, 0.3) is 0 Å². The summed E-state index contributed by atoms with van der Waals surface area (Å²) in [7, 11) is 0. The number of nitriles is 2. The van der Waals surface area contributed by atoms with Gasteiger partial charge < -0.3 is 0 Å². The van der Waals surface area contributed by atoms with E-state index >= 15 is 0 Å². The largest absolute Gasteiger partial charge is 0.198 e. The molecule has 2 nitrogen and oxygen atoms in total. The molecule has 0 heterocycles. The van der Waals surface area contributed by atoms with Gasteiger partial charge in [0, 0.05) is 0 Å². The Bertz CT molecular complexity index is 424. The molecule has 0 amide bonds. The third kappa shape index (κ3) is 2.05. The van der Waals surface area contributed by atoms with Gasteiger partial charge in [-0.25, -0.2) is 0 Å². The molecule has 0 aliphatic carbocycles. The van der Waals surface area contributed by atoms with E-state index in [1.807, 2.05) is 25.1 Å². The zero-order chi connectivity index (χ0) is 10.6. The van der Waals surface area contributed by atoms with Gasteiger partial charge in [-0.1, -0.05) is 24.6 Å². The van der Waals surface area contributed by atoms with Gasteiger partial charge in [0.2, 0.25) is 0 Å². The molecule has 14 heavy (non-hydrogen) atoms. The standard InChI is InChI=1S/C11H9ClN2/c1-2-8-5-9(3-4-13)11(12)10(6-8)7-14/h5-6H,2-3H2,1H3. The van der Waals surface area contributed by atoms with Crippen LogP contribution in [0.2, 0.25) is 5.02 Å². The SMILES string of the molecule is CCc1cc(C#N)c(Cl)c(CC#N)c1. The molecule has 0 saturated heterocycles. The molecule has 0 atom stereocenters. The van der Waals surface area contributed by atoms with Crippen molar-refractivity contribution in [2.45, 2.75) is 19.8 Å². The number of halogens is 1. The molecule has 0 radical (unpaired) electrons. The highest BCUT2D eigenvalue weighted by Crippen LogP contribution is 2.23. The minimum Gasteiger partial charge on any atom is -0.198 e. The second-order valence-electron chi connectivity index (χ2n) is 2.92. The van der Waals surface area contributed by atoms with Gasteiger partial charge in [-0.2, -0.15) is 10.5 Å². The fourth-order valence-corrected chi connectivity index (χ4v) is 1.47. The van der Waals surface area contributed by atoms with Crippen molar-refractivity contribution in [3.63, 3.8) is 0 Å². The lowest BCUT2D eigenvalue weighted by molar-refractivity contribution is 1.12. The van der Waals surface area contributed by atoms with E-state index in [1.54, 1.807) is 6.07 Å². The van der Waals surface area contributed by atoms with Crippen molar-refractivity contribution < 1.29 is 0 Å². The van der Waals surface area contributed by atoms with Crippen molar-refractivity contribution in [1.29, 1.82) is 10.5 Å². The maximum atomic E-state index is 8.81. The summed E-state index contributed by atoms with van der Waals surface area (Å²) in [6, 6.07) is 7.71. The highest BCUT2D eigenvalue weighted by atomic mass is 35.5. The van der Waals surface area contributed by atoms with Crippen molar-refractivity contribution in [2.75, 3.05) is 0 Å². The van der Waals surface area contributed by atoms with Gasteiger partial charge in [-0.05, 0) is 23.6 Å². The van der Waals surface area contributed by atoms with Crippen molar-refractivity contribution in [1.82, 2.24) is 0 Å². The molecule has 1 aromatic rings. The third-order valence-electron chi connectivity index (χ3n) is 2.01. The van der Waals surface area contributed by atoms with Crippen LogP contribution in [0.4, 0.5) is 0 Å². The Morgan fingerprint density at radius 2 is 2.07 bits per heavy atom. The number of rotatable bonds is 2. The number of hydrogen-bond acceptors (Lipinski definition) is 2. The summed E-state index contributed by atoms with van der Waals surface area (Å²) < 4.78 is 0. The Morgan fingerprint density at radius 3 is 2.57 bits per heavy atom. The molecule has 1 rings (SSSR count). The maximum Gasteiger partial charge on any atom is 0.101 e. The molecule has 3 heteroatoms. The van der Waals surface area contributed by atoms with Crippen molar-refractivity contribution >= 4 is 11.6 Å². The van der Waals surface area contributed by atoms with E-state index < -0.39 is 0 Å². The zero-order valence-corrected chi connectivity index (χ0v) is 8.60. The van der Waals surface area contributed by atoms with Crippen LogP contribution in [-0.4, -0.2) is 0 Å². The van der Waals surface area contributed by atoms with Crippen LogP contribution in [0.25, 0.3) is 0 Å². The molecule has 0 aliphatic rings. The Morgan fingerprint density at radius 1 is 1.36 bits per heavy atom. The average Bonchev–Trinajstić information content (AvgIpc) is 2.21. The topological polar surface area (TPSA) is 47.6 Å². The Balaban J connectivity index is 3.30. The van der Waals surface area contributed by atoms with Gasteiger partial charge in [0.05, 0.1) is 23.1 Å². The molecule has 0 spiro atoms. The quantitative estimate of drug-likeness (QED) is 0.744. The van der Waals surface area contributed by atoms with Crippen LogP contribution in [-0.2, 0) is 12.8 Å². The normalized spacial score (nSPS) is 9.14. The van der Waals surface area contributed by atoms with E-state index in [2.05, 4.69) is 0 Å². The van der Waals surface area contributed by atoms with Gasteiger partial charge in [0.1, 0.15) is 6.07 Å². The zero-order valence-electron chi connectivity index (χ0n) is 7.84. The molecule has 0 saturated carbocycles. The first-order valence-electron chi connectivity index (χ1n) is 4.31. The lowest BCUT2D eigenvalue weighted by Gasteiger charge is -2.05. The smallest absolute Gasteiger partial charge is 0.101 e. The van der Waals surface area contributed by atoms with Crippen LogP contribution in [0.15, 0.2) is 12.1 Å². The molecule has 0 bridgehead atoms. The third-order valence-corrected chi connectivity index (χ3v) is 2.45. The van der Waals surface area contributed by atoms with Gasteiger partial charge >= 0.3 is 0 Å². The summed E-state index contributed by atoms with van der Waals surface area (Å²) in [6.07, 6.45) is 1.09. The first kappa shape index (κ1) is 10.6. The lowest BCUT2D eigenvalue weighted by atomic mass is 10.0. The van der Waals surface area contributed by atoms with Crippen LogP contribution in [0, 0.1) is 22.7 Å². The molecule has 0 fully saturated rings. The van der Waals surface area contributed by atoms with Crippen molar-refractivity contribution in [2.24, 2.45) is 0 Å². The number of hydrogen-bond donors (Lipinski definition) is 0. The fraction of sp³-hybridized carbons (Fsp3) is 0.273. The van der Waals surface area contributed by atoms with Crippen LogP contribution in [0.3, 0.4) is 0 Å². The molecular formula is C11H9ClN2. The Labute approximate surface area is 88.3 Å². The predicted octanol–water partition coefficient (Wildman–Crippen LogP) is 2.84.